The first kappa shape index (κ1) is 16.2. The normalized spacial score (nSPS) is 13.9. The Morgan fingerprint density at radius 3 is 2.64 bits per heavy atom. The number of ketones is 1. The van der Waals surface area contributed by atoms with Crippen LogP contribution in [0, 0.1) is 28.4 Å². The third-order valence-corrected chi connectivity index (χ3v) is 3.73. The molecule has 0 aromatic heterocycles. The zero-order chi connectivity index (χ0) is 18.0. The largest absolute Gasteiger partial charge is 0.478 e. The van der Waals surface area contributed by atoms with E-state index < -0.39 is 4.92 Å². The maximum absolute atomic E-state index is 12.5. The van der Waals surface area contributed by atoms with E-state index in [1.165, 1.54) is 18.2 Å². The quantitative estimate of drug-likeness (QED) is 0.481. The fourth-order valence-corrected chi connectivity index (χ4v) is 2.48. The van der Waals surface area contributed by atoms with Crippen LogP contribution in [0.2, 0.25) is 0 Å². The van der Waals surface area contributed by atoms with Gasteiger partial charge in [0.15, 0.2) is 12.4 Å². The van der Waals surface area contributed by atoms with E-state index in [4.69, 9.17) is 14.7 Å². The van der Waals surface area contributed by atoms with Crippen molar-refractivity contribution in [3.8, 4) is 17.6 Å². The molecule has 3 rings (SSSR count). The summed E-state index contributed by atoms with van der Waals surface area (Å²) in [7, 11) is 0. The Morgan fingerprint density at radius 1 is 1.28 bits per heavy atom. The molecule has 0 fully saturated rings. The number of benzene rings is 2. The molecule has 25 heavy (non-hydrogen) atoms. The van der Waals surface area contributed by atoms with Gasteiger partial charge in [-0.15, -0.1) is 0 Å². The molecule has 0 saturated carbocycles. The van der Waals surface area contributed by atoms with Gasteiger partial charge in [0.2, 0.25) is 5.78 Å². The van der Waals surface area contributed by atoms with Gasteiger partial charge in [0, 0.05) is 17.7 Å². The number of nitriles is 1. The van der Waals surface area contributed by atoms with E-state index in [2.05, 4.69) is 0 Å². The summed E-state index contributed by atoms with van der Waals surface area (Å²) < 4.78 is 11.0. The van der Waals surface area contributed by atoms with Crippen LogP contribution in [0.4, 0.5) is 5.69 Å². The van der Waals surface area contributed by atoms with Gasteiger partial charge in [-0.3, -0.25) is 14.9 Å². The Morgan fingerprint density at radius 2 is 2.00 bits per heavy atom. The standard InChI is InChI=1S/C18H12N2O5/c1-11-15(24-9-8-19)7-6-14-17(21)16(25-18(11)14)10-12-2-4-13(5-3-12)20(22)23/h2-7,10H,9H2,1H3/b16-10-. The number of nitro benzene ring substituents is 1. The fraction of sp³-hybridized carbons (Fsp3) is 0.111. The monoisotopic (exact) mass is 336 g/mol. The summed E-state index contributed by atoms with van der Waals surface area (Å²) in [4.78, 5) is 22.7. The van der Waals surface area contributed by atoms with Crippen molar-refractivity contribution in [3.63, 3.8) is 0 Å². The van der Waals surface area contributed by atoms with Crippen LogP contribution < -0.4 is 9.47 Å². The summed E-state index contributed by atoms with van der Waals surface area (Å²) in [6.07, 6.45) is 1.53. The van der Waals surface area contributed by atoms with Gasteiger partial charge in [-0.25, -0.2) is 0 Å². The lowest BCUT2D eigenvalue weighted by atomic mass is 10.1. The summed E-state index contributed by atoms with van der Waals surface area (Å²) in [5, 5.41) is 19.3. The van der Waals surface area contributed by atoms with Crippen molar-refractivity contribution in [2.24, 2.45) is 0 Å². The van der Waals surface area contributed by atoms with Crippen molar-refractivity contribution in [2.45, 2.75) is 6.92 Å². The number of Topliss-reactive ketones (excluding diaryl/α,β-unsaturated/α-hetero) is 1. The fourth-order valence-electron chi connectivity index (χ4n) is 2.48. The van der Waals surface area contributed by atoms with Gasteiger partial charge >= 0.3 is 0 Å². The van der Waals surface area contributed by atoms with E-state index in [1.807, 2.05) is 6.07 Å². The number of carbonyl (C=O) groups excluding carboxylic acids is 1. The van der Waals surface area contributed by atoms with Gasteiger partial charge < -0.3 is 9.47 Å². The van der Waals surface area contributed by atoms with Crippen molar-refractivity contribution in [1.29, 1.82) is 5.26 Å². The van der Waals surface area contributed by atoms with E-state index in [1.54, 1.807) is 31.2 Å². The molecule has 0 spiro atoms. The van der Waals surface area contributed by atoms with Crippen molar-refractivity contribution in [3.05, 3.63) is 69.0 Å². The molecule has 0 bridgehead atoms. The molecule has 0 radical (unpaired) electrons. The number of hydrogen-bond acceptors (Lipinski definition) is 6. The minimum atomic E-state index is -0.490. The number of rotatable bonds is 4. The summed E-state index contributed by atoms with van der Waals surface area (Å²) in [6.45, 7) is 1.65. The zero-order valence-electron chi connectivity index (χ0n) is 13.2. The van der Waals surface area contributed by atoms with Gasteiger partial charge in [-0.05, 0) is 42.8 Å². The van der Waals surface area contributed by atoms with Crippen LogP contribution >= 0.6 is 0 Å². The van der Waals surface area contributed by atoms with Gasteiger partial charge in [0.1, 0.15) is 17.6 Å². The number of allylic oxidation sites excluding steroid dienone is 1. The molecular formula is C18H12N2O5. The number of fused-ring (bicyclic) bond motifs is 1. The van der Waals surface area contributed by atoms with Crippen LogP contribution in [-0.2, 0) is 0 Å². The highest BCUT2D eigenvalue weighted by atomic mass is 16.6. The van der Waals surface area contributed by atoms with Crippen LogP contribution in [0.15, 0.2) is 42.2 Å². The summed E-state index contributed by atoms with van der Waals surface area (Å²) in [5.74, 6) is 0.728. The Labute approximate surface area is 142 Å². The van der Waals surface area contributed by atoms with Crippen LogP contribution in [-0.4, -0.2) is 17.3 Å². The minimum Gasteiger partial charge on any atom is -0.478 e. The van der Waals surface area contributed by atoms with Crippen LogP contribution in [0.25, 0.3) is 6.08 Å². The van der Waals surface area contributed by atoms with Crippen molar-refractivity contribution in [2.75, 3.05) is 6.61 Å². The first-order valence-electron chi connectivity index (χ1n) is 7.33. The Hall–Kier alpha value is -3.66. The predicted molar refractivity (Wildman–Crippen MR) is 88.3 cm³/mol. The number of nitro groups is 1. The molecule has 0 amide bonds. The van der Waals surface area contributed by atoms with E-state index in [0.717, 1.165) is 0 Å². The lowest BCUT2D eigenvalue weighted by molar-refractivity contribution is -0.384. The maximum atomic E-state index is 12.5. The third-order valence-electron chi connectivity index (χ3n) is 3.73. The predicted octanol–water partition coefficient (Wildman–Crippen LogP) is 3.42. The number of nitrogens with zero attached hydrogens (tertiary/aromatic N) is 2. The number of carbonyl (C=O) groups is 1. The topological polar surface area (TPSA) is 102 Å². The first-order chi connectivity index (χ1) is 12.0. The molecule has 1 aliphatic rings. The Balaban J connectivity index is 1.90. The SMILES string of the molecule is Cc1c(OCC#N)ccc2c1O/C(=C\c1ccc([N+](=O)[O-])cc1)C2=O. The molecule has 0 saturated heterocycles. The van der Waals surface area contributed by atoms with Crippen LogP contribution in [0.1, 0.15) is 21.5 Å². The van der Waals surface area contributed by atoms with Crippen LogP contribution in [0.3, 0.4) is 0 Å². The molecule has 0 N–H and O–H groups in total. The van der Waals surface area contributed by atoms with Crippen molar-refractivity contribution < 1.29 is 19.2 Å². The molecule has 1 aliphatic heterocycles. The van der Waals surface area contributed by atoms with Gasteiger partial charge in [-0.1, -0.05) is 0 Å². The number of ether oxygens (including phenoxy) is 2. The van der Waals surface area contributed by atoms with E-state index in [9.17, 15) is 14.9 Å². The van der Waals surface area contributed by atoms with Gasteiger partial charge in [0.05, 0.1) is 10.5 Å². The molecular weight excluding hydrogens is 324 g/mol. The maximum Gasteiger partial charge on any atom is 0.269 e. The molecule has 2 aromatic carbocycles. The average molecular weight is 336 g/mol. The van der Waals surface area contributed by atoms with Gasteiger partial charge in [0.25, 0.3) is 5.69 Å². The summed E-state index contributed by atoms with van der Waals surface area (Å²) >= 11 is 0. The molecule has 0 atom stereocenters. The molecule has 1 heterocycles. The number of hydrogen-bond donors (Lipinski definition) is 0. The van der Waals surface area contributed by atoms with Crippen molar-refractivity contribution in [1.82, 2.24) is 0 Å². The lowest BCUT2D eigenvalue weighted by Crippen LogP contribution is -1.98. The van der Waals surface area contributed by atoms with E-state index in [0.29, 0.717) is 28.2 Å². The average Bonchev–Trinajstić information content (AvgIpc) is 2.92. The Bertz CT molecular complexity index is 939. The second-order valence-corrected chi connectivity index (χ2v) is 5.30. The smallest absolute Gasteiger partial charge is 0.269 e. The third kappa shape index (κ3) is 3.05. The second kappa shape index (κ2) is 6.45. The minimum absolute atomic E-state index is 0.0285. The molecule has 7 nitrogen and oxygen atoms in total. The van der Waals surface area contributed by atoms with Crippen LogP contribution in [0.5, 0.6) is 11.5 Å². The molecule has 0 unspecified atom stereocenters. The lowest BCUT2D eigenvalue weighted by Gasteiger charge is -2.08. The highest BCUT2D eigenvalue weighted by Crippen LogP contribution is 2.39. The molecule has 2 aromatic rings. The molecule has 124 valence electrons. The first-order valence-corrected chi connectivity index (χ1v) is 7.33. The summed E-state index contributed by atoms with van der Waals surface area (Å²) in [5.41, 5.74) is 1.63. The van der Waals surface area contributed by atoms with E-state index >= 15 is 0 Å². The number of non-ortho nitro benzene ring substituents is 1. The zero-order valence-corrected chi connectivity index (χ0v) is 13.2. The van der Waals surface area contributed by atoms with Crippen molar-refractivity contribution >= 4 is 17.5 Å². The highest BCUT2D eigenvalue weighted by Gasteiger charge is 2.30. The molecule has 0 aliphatic carbocycles. The van der Waals surface area contributed by atoms with Gasteiger partial charge in [-0.2, -0.15) is 5.26 Å². The Kier molecular flexibility index (Phi) is 4.18. The second-order valence-electron chi connectivity index (χ2n) is 5.30. The van der Waals surface area contributed by atoms with E-state index in [-0.39, 0.29) is 23.8 Å². The highest BCUT2D eigenvalue weighted by molar-refractivity contribution is 6.14. The summed E-state index contributed by atoms with van der Waals surface area (Å²) in [6, 6.07) is 10.9. The molecule has 7 heteroatoms.